The first kappa shape index (κ1) is 22.1. The summed E-state index contributed by atoms with van der Waals surface area (Å²) in [7, 11) is 0. The van der Waals surface area contributed by atoms with Gasteiger partial charge < -0.3 is 10.6 Å². The summed E-state index contributed by atoms with van der Waals surface area (Å²) in [5.74, 6) is -0.496. The van der Waals surface area contributed by atoms with Gasteiger partial charge in [0, 0.05) is 12.2 Å². The summed E-state index contributed by atoms with van der Waals surface area (Å²) in [6.07, 6.45) is 11.3. The highest BCUT2D eigenvalue weighted by Gasteiger charge is 2.23. The van der Waals surface area contributed by atoms with Crippen molar-refractivity contribution in [1.29, 1.82) is 0 Å². The van der Waals surface area contributed by atoms with Crippen molar-refractivity contribution in [1.82, 2.24) is 10.6 Å². The van der Waals surface area contributed by atoms with Gasteiger partial charge in [-0.3, -0.25) is 4.79 Å². The molecule has 0 aromatic rings. The Labute approximate surface area is 158 Å². The standard InChI is InChI=1S/C20H25ClF2N2O/c1-14(16(3)22)6-4-5-7-17-11-24-12-18(17)8-9-20(23)19(21)10-15(2)25-13-26/h4-6,8-10,13,17-18,24H,3,7,11-12H2,1-2H3,(H,25,26)/b5-4-,9-8+,14-6-,15-10+,20-19-/t17-,18+/m0/s1. The van der Waals surface area contributed by atoms with Crippen molar-refractivity contribution in [2.24, 2.45) is 11.8 Å². The van der Waals surface area contributed by atoms with Crippen LogP contribution in [0.25, 0.3) is 0 Å². The number of carbonyl (C=O) groups excluding carboxylic acids is 1. The molecule has 1 saturated heterocycles. The van der Waals surface area contributed by atoms with E-state index in [1.54, 1.807) is 26.0 Å². The number of nitrogens with one attached hydrogen (secondary N) is 2. The fourth-order valence-electron chi connectivity index (χ4n) is 2.47. The van der Waals surface area contributed by atoms with Crippen molar-refractivity contribution in [3.8, 4) is 0 Å². The predicted molar refractivity (Wildman–Crippen MR) is 104 cm³/mol. The molecule has 1 aliphatic heterocycles. The van der Waals surface area contributed by atoms with Crippen LogP contribution < -0.4 is 10.6 Å². The molecule has 1 amide bonds. The van der Waals surface area contributed by atoms with E-state index in [4.69, 9.17) is 11.6 Å². The van der Waals surface area contributed by atoms with Gasteiger partial charge >= 0.3 is 0 Å². The number of allylic oxidation sites excluding steroid dienone is 10. The fourth-order valence-corrected chi connectivity index (χ4v) is 2.70. The number of rotatable bonds is 9. The van der Waals surface area contributed by atoms with Crippen molar-refractivity contribution in [3.63, 3.8) is 0 Å². The average molecular weight is 383 g/mol. The molecule has 6 heteroatoms. The van der Waals surface area contributed by atoms with Crippen LogP contribution in [-0.2, 0) is 4.79 Å². The van der Waals surface area contributed by atoms with Crippen molar-refractivity contribution in [2.45, 2.75) is 20.3 Å². The smallest absolute Gasteiger partial charge is 0.211 e. The maximum Gasteiger partial charge on any atom is 0.211 e. The summed E-state index contributed by atoms with van der Waals surface area (Å²) in [5, 5.41) is 5.62. The van der Waals surface area contributed by atoms with Gasteiger partial charge in [0.15, 0.2) is 0 Å². The number of amides is 1. The maximum atomic E-state index is 14.1. The zero-order valence-corrected chi connectivity index (χ0v) is 15.8. The molecule has 1 heterocycles. The zero-order chi connectivity index (χ0) is 19.5. The third-order valence-corrected chi connectivity index (χ3v) is 4.38. The van der Waals surface area contributed by atoms with Crippen LogP contribution in [0.5, 0.6) is 0 Å². The molecule has 2 atom stereocenters. The highest BCUT2D eigenvalue weighted by atomic mass is 35.5. The lowest BCUT2D eigenvalue weighted by Gasteiger charge is -2.12. The monoisotopic (exact) mass is 382 g/mol. The molecular weight excluding hydrogens is 358 g/mol. The van der Waals surface area contributed by atoms with Crippen LogP contribution in [0.1, 0.15) is 20.3 Å². The molecule has 1 rings (SSSR count). The molecule has 142 valence electrons. The first-order valence-corrected chi connectivity index (χ1v) is 8.73. The van der Waals surface area contributed by atoms with E-state index in [9.17, 15) is 13.6 Å². The number of hydrogen-bond acceptors (Lipinski definition) is 2. The molecule has 3 nitrogen and oxygen atoms in total. The summed E-state index contributed by atoms with van der Waals surface area (Å²) < 4.78 is 26.9. The van der Waals surface area contributed by atoms with Crippen molar-refractivity contribution >= 4 is 18.0 Å². The van der Waals surface area contributed by atoms with Crippen LogP contribution in [0.15, 0.2) is 71.0 Å². The Kier molecular flexibility index (Phi) is 9.84. The Bertz CT molecular complexity index is 663. The third-order valence-electron chi connectivity index (χ3n) is 4.09. The quantitative estimate of drug-likeness (QED) is 0.443. The van der Waals surface area contributed by atoms with Crippen molar-refractivity contribution < 1.29 is 13.6 Å². The molecule has 0 spiro atoms. The average Bonchev–Trinajstić information content (AvgIpc) is 3.03. The van der Waals surface area contributed by atoms with Gasteiger partial charge in [-0.1, -0.05) is 42.5 Å². The van der Waals surface area contributed by atoms with Crippen molar-refractivity contribution in [2.75, 3.05) is 13.1 Å². The van der Waals surface area contributed by atoms with E-state index in [0.717, 1.165) is 19.5 Å². The molecule has 26 heavy (non-hydrogen) atoms. The second kappa shape index (κ2) is 11.6. The van der Waals surface area contributed by atoms with Crippen LogP contribution in [0.3, 0.4) is 0 Å². The largest absolute Gasteiger partial charge is 0.333 e. The Morgan fingerprint density at radius 1 is 1.35 bits per heavy atom. The van der Waals surface area contributed by atoms with Gasteiger partial charge in [-0.15, -0.1) is 0 Å². The molecular formula is C20H25ClF2N2O. The Morgan fingerprint density at radius 3 is 2.73 bits per heavy atom. The Hall–Kier alpha value is -1.98. The molecule has 0 unspecified atom stereocenters. The van der Waals surface area contributed by atoms with Crippen LogP contribution in [0.2, 0.25) is 0 Å². The van der Waals surface area contributed by atoms with Gasteiger partial charge in [-0.2, -0.15) is 0 Å². The highest BCUT2D eigenvalue weighted by Crippen LogP contribution is 2.24. The topological polar surface area (TPSA) is 41.1 Å². The van der Waals surface area contributed by atoms with E-state index in [-0.39, 0.29) is 11.0 Å². The molecule has 0 aliphatic carbocycles. The Balaban J connectivity index is 2.67. The van der Waals surface area contributed by atoms with Gasteiger partial charge in [-0.05, 0) is 56.4 Å². The SMILES string of the molecule is C=C(F)/C(C)=C\C=C/C[C@H]1CNC[C@H]1/C=C/C(F)=C(Cl)\C=C(/C)NC=O. The lowest BCUT2D eigenvalue weighted by atomic mass is 9.92. The zero-order valence-electron chi connectivity index (χ0n) is 15.1. The summed E-state index contributed by atoms with van der Waals surface area (Å²) in [4.78, 5) is 10.3. The van der Waals surface area contributed by atoms with Gasteiger partial charge in [0.25, 0.3) is 0 Å². The minimum Gasteiger partial charge on any atom is -0.333 e. The second-order valence-electron chi connectivity index (χ2n) is 6.15. The summed E-state index contributed by atoms with van der Waals surface area (Å²) in [5.41, 5.74) is 0.954. The Morgan fingerprint density at radius 2 is 2.08 bits per heavy atom. The fraction of sp³-hybridized carbons (Fsp3) is 0.350. The number of hydrogen-bond donors (Lipinski definition) is 2. The minimum absolute atomic E-state index is 0.0671. The lowest BCUT2D eigenvalue weighted by Crippen LogP contribution is -2.09. The maximum absolute atomic E-state index is 14.1. The molecule has 0 bridgehead atoms. The van der Waals surface area contributed by atoms with E-state index >= 15 is 0 Å². The van der Waals surface area contributed by atoms with Crippen LogP contribution in [0.4, 0.5) is 8.78 Å². The van der Waals surface area contributed by atoms with Gasteiger partial charge in [-0.25, -0.2) is 8.78 Å². The van der Waals surface area contributed by atoms with E-state index in [2.05, 4.69) is 17.2 Å². The molecule has 0 aromatic carbocycles. The van der Waals surface area contributed by atoms with Gasteiger partial charge in [0.2, 0.25) is 6.41 Å². The third kappa shape index (κ3) is 7.93. The second-order valence-corrected chi connectivity index (χ2v) is 6.55. The first-order chi connectivity index (χ1) is 12.3. The van der Waals surface area contributed by atoms with Crippen molar-refractivity contribution in [3.05, 3.63) is 71.0 Å². The molecule has 0 radical (unpaired) electrons. The summed E-state index contributed by atoms with van der Waals surface area (Å²) >= 11 is 5.89. The molecule has 0 aromatic heterocycles. The van der Waals surface area contributed by atoms with Crippen LogP contribution >= 0.6 is 11.6 Å². The number of halogens is 3. The van der Waals surface area contributed by atoms with E-state index in [1.807, 2.05) is 12.2 Å². The van der Waals surface area contributed by atoms with Gasteiger partial charge in [0.05, 0.1) is 5.03 Å². The summed E-state index contributed by atoms with van der Waals surface area (Å²) in [6.45, 7) is 8.11. The highest BCUT2D eigenvalue weighted by molar-refractivity contribution is 6.31. The molecule has 0 saturated carbocycles. The molecule has 2 N–H and O–H groups in total. The van der Waals surface area contributed by atoms with E-state index < -0.39 is 11.7 Å². The van der Waals surface area contributed by atoms with Crippen LogP contribution in [-0.4, -0.2) is 19.5 Å². The normalized spacial score (nSPS) is 22.8. The van der Waals surface area contributed by atoms with E-state index in [0.29, 0.717) is 23.6 Å². The number of carbonyl (C=O) groups is 1. The summed E-state index contributed by atoms with van der Waals surface area (Å²) in [6, 6.07) is 0. The first-order valence-electron chi connectivity index (χ1n) is 8.36. The predicted octanol–water partition coefficient (Wildman–Crippen LogP) is 4.82. The lowest BCUT2D eigenvalue weighted by molar-refractivity contribution is -0.108. The van der Waals surface area contributed by atoms with E-state index in [1.165, 1.54) is 12.2 Å². The molecule has 1 fully saturated rings. The van der Waals surface area contributed by atoms with Crippen LogP contribution in [0, 0.1) is 11.8 Å². The van der Waals surface area contributed by atoms with Gasteiger partial charge in [0.1, 0.15) is 11.7 Å². The molecule has 1 aliphatic rings. The minimum atomic E-state index is -0.556.